The molecule has 2 aliphatic heterocycles. The summed E-state index contributed by atoms with van der Waals surface area (Å²) in [5.41, 5.74) is 2.83. The number of fused-ring (bicyclic) bond motifs is 3. The molecule has 25 heavy (non-hydrogen) atoms. The largest absolute Gasteiger partial charge is 0.423 e. The lowest BCUT2D eigenvalue weighted by Crippen LogP contribution is -2.58. The fourth-order valence-corrected chi connectivity index (χ4v) is 5.04. The Balaban J connectivity index is 1.58. The minimum atomic E-state index is 0.558. The van der Waals surface area contributed by atoms with Crippen molar-refractivity contribution in [2.24, 2.45) is 0 Å². The van der Waals surface area contributed by atoms with Crippen molar-refractivity contribution in [3.05, 3.63) is 23.7 Å². The molecule has 2 aliphatic rings. The smallest absolute Gasteiger partial charge is 0.298 e. The van der Waals surface area contributed by atoms with E-state index in [1.165, 1.54) is 24.2 Å². The van der Waals surface area contributed by atoms with Crippen molar-refractivity contribution < 1.29 is 4.42 Å². The summed E-state index contributed by atoms with van der Waals surface area (Å²) in [7, 11) is 0. The van der Waals surface area contributed by atoms with E-state index in [2.05, 4.69) is 33.6 Å². The molecule has 0 spiro atoms. The first-order chi connectivity index (χ1) is 12.3. The number of hydrogen-bond donors (Lipinski definition) is 1. The average Bonchev–Trinajstić information content (AvgIpc) is 3.30. The maximum atomic E-state index is 6.27. The minimum absolute atomic E-state index is 0.558. The first kappa shape index (κ1) is 15.7. The third-order valence-corrected chi connectivity index (χ3v) is 6.59. The van der Waals surface area contributed by atoms with Gasteiger partial charge in [0, 0.05) is 41.6 Å². The molecule has 1 aromatic carbocycles. The van der Waals surface area contributed by atoms with Gasteiger partial charge in [-0.2, -0.15) is 4.98 Å². The maximum Gasteiger partial charge on any atom is 0.298 e. The van der Waals surface area contributed by atoms with Crippen LogP contribution in [0.4, 0.5) is 6.01 Å². The van der Waals surface area contributed by atoms with Gasteiger partial charge in [-0.1, -0.05) is 6.42 Å². The summed E-state index contributed by atoms with van der Waals surface area (Å²) >= 11 is 3.36. The van der Waals surface area contributed by atoms with Crippen LogP contribution in [0, 0.1) is 0 Å². The summed E-state index contributed by atoms with van der Waals surface area (Å²) in [5, 5.41) is 6.70. The fraction of sp³-hybridized carbons (Fsp3) is 0.444. The van der Waals surface area contributed by atoms with Crippen LogP contribution in [0.15, 0.2) is 33.0 Å². The predicted octanol–water partition coefficient (Wildman–Crippen LogP) is 4.00. The van der Waals surface area contributed by atoms with Gasteiger partial charge < -0.3 is 14.6 Å². The quantitative estimate of drug-likeness (QED) is 0.701. The number of piperidine rings is 1. The van der Waals surface area contributed by atoms with E-state index < -0.39 is 0 Å². The highest BCUT2D eigenvalue weighted by molar-refractivity contribution is 7.98. The first-order valence-electron chi connectivity index (χ1n) is 8.69. The van der Waals surface area contributed by atoms with Crippen LogP contribution in [0.5, 0.6) is 0 Å². The summed E-state index contributed by atoms with van der Waals surface area (Å²) in [6.45, 7) is 1.95. The number of hydrogen-bond acceptors (Lipinski definition) is 7. The summed E-state index contributed by atoms with van der Waals surface area (Å²) < 4.78 is 6.27. The number of thioether (sulfide) groups is 1. The van der Waals surface area contributed by atoms with Crippen LogP contribution >= 0.6 is 23.1 Å². The highest BCUT2D eigenvalue weighted by Gasteiger charge is 2.32. The number of thiazole rings is 1. The van der Waals surface area contributed by atoms with Crippen molar-refractivity contribution in [3.8, 4) is 10.6 Å². The second kappa shape index (κ2) is 6.30. The van der Waals surface area contributed by atoms with Crippen molar-refractivity contribution in [3.63, 3.8) is 0 Å². The Morgan fingerprint density at radius 3 is 2.84 bits per heavy atom. The summed E-state index contributed by atoms with van der Waals surface area (Å²) in [4.78, 5) is 12.8. The van der Waals surface area contributed by atoms with Crippen LogP contribution in [0.25, 0.3) is 21.7 Å². The highest BCUT2D eigenvalue weighted by Crippen LogP contribution is 2.37. The Morgan fingerprint density at radius 2 is 2.12 bits per heavy atom. The van der Waals surface area contributed by atoms with Crippen LogP contribution in [0.3, 0.4) is 0 Å². The molecule has 130 valence electrons. The zero-order chi connectivity index (χ0) is 16.8. The molecule has 2 bridgehead atoms. The van der Waals surface area contributed by atoms with E-state index in [1.54, 1.807) is 23.1 Å². The van der Waals surface area contributed by atoms with E-state index in [0.717, 1.165) is 40.8 Å². The van der Waals surface area contributed by atoms with E-state index in [-0.39, 0.29) is 0 Å². The normalized spacial score (nSPS) is 23.3. The molecule has 5 nitrogen and oxygen atoms in total. The molecule has 3 aromatic rings. The van der Waals surface area contributed by atoms with Gasteiger partial charge in [-0.05, 0) is 31.2 Å². The standard InChI is InChI=1S/C18H20N4OS2/c1-24-13-7-14(17-19-5-6-25-17)16-15(8-13)21-18(23-16)22-9-11-3-2-4-12(10-22)20-11/h5-8,11-12,20H,2-4,9-10H2,1H3. The zero-order valence-corrected chi connectivity index (χ0v) is 15.7. The van der Waals surface area contributed by atoms with Gasteiger partial charge in [0.15, 0.2) is 5.58 Å². The van der Waals surface area contributed by atoms with E-state index >= 15 is 0 Å². The summed E-state index contributed by atoms with van der Waals surface area (Å²) in [6, 6.07) is 6.15. The van der Waals surface area contributed by atoms with Crippen molar-refractivity contribution in [2.75, 3.05) is 24.2 Å². The van der Waals surface area contributed by atoms with E-state index in [4.69, 9.17) is 9.40 Å². The van der Waals surface area contributed by atoms with Crippen LogP contribution < -0.4 is 10.2 Å². The minimum Gasteiger partial charge on any atom is -0.423 e. The second-order valence-electron chi connectivity index (χ2n) is 6.75. The van der Waals surface area contributed by atoms with Crippen LogP contribution in [-0.4, -0.2) is 41.4 Å². The molecule has 2 saturated heterocycles. The van der Waals surface area contributed by atoms with Crippen LogP contribution in [-0.2, 0) is 0 Å². The molecule has 1 N–H and O–H groups in total. The number of nitrogens with one attached hydrogen (secondary N) is 1. The third kappa shape index (κ3) is 2.84. The van der Waals surface area contributed by atoms with Crippen LogP contribution in [0.2, 0.25) is 0 Å². The molecular weight excluding hydrogens is 352 g/mol. The van der Waals surface area contributed by atoms with Gasteiger partial charge in [0.05, 0.1) is 5.56 Å². The molecule has 4 heterocycles. The van der Waals surface area contributed by atoms with Gasteiger partial charge in [-0.3, -0.25) is 0 Å². The lowest BCUT2D eigenvalue weighted by atomic mass is 9.94. The highest BCUT2D eigenvalue weighted by atomic mass is 32.2. The molecule has 0 saturated carbocycles. The Labute approximate surface area is 154 Å². The predicted molar refractivity (Wildman–Crippen MR) is 104 cm³/mol. The molecule has 0 radical (unpaired) electrons. The maximum absolute atomic E-state index is 6.27. The first-order valence-corrected chi connectivity index (χ1v) is 10.8. The average molecular weight is 373 g/mol. The lowest BCUT2D eigenvalue weighted by Gasteiger charge is -2.41. The number of nitrogens with zero attached hydrogens (tertiary/aromatic N) is 3. The van der Waals surface area contributed by atoms with Gasteiger partial charge in [0.25, 0.3) is 6.01 Å². The monoisotopic (exact) mass is 372 g/mol. The van der Waals surface area contributed by atoms with Gasteiger partial charge in [0.2, 0.25) is 0 Å². The number of aromatic nitrogens is 2. The molecule has 7 heteroatoms. The fourth-order valence-electron chi connectivity index (χ4n) is 3.93. The number of piperazine rings is 1. The van der Waals surface area contributed by atoms with E-state index in [1.807, 2.05) is 11.6 Å². The topological polar surface area (TPSA) is 54.2 Å². The molecule has 0 aliphatic carbocycles. The number of anilines is 1. The lowest BCUT2D eigenvalue weighted by molar-refractivity contribution is 0.276. The van der Waals surface area contributed by atoms with Crippen LogP contribution in [0.1, 0.15) is 19.3 Å². The van der Waals surface area contributed by atoms with Crippen molar-refractivity contribution in [1.82, 2.24) is 15.3 Å². The number of benzene rings is 1. The molecule has 5 rings (SSSR count). The van der Waals surface area contributed by atoms with E-state index in [0.29, 0.717) is 12.1 Å². The molecule has 2 atom stereocenters. The molecule has 0 amide bonds. The Bertz CT molecular complexity index is 880. The van der Waals surface area contributed by atoms with Gasteiger partial charge in [-0.15, -0.1) is 23.1 Å². The number of rotatable bonds is 3. The van der Waals surface area contributed by atoms with Crippen molar-refractivity contribution in [1.29, 1.82) is 0 Å². The second-order valence-corrected chi connectivity index (χ2v) is 8.53. The summed E-state index contributed by atoms with van der Waals surface area (Å²) in [5.74, 6) is 0. The summed E-state index contributed by atoms with van der Waals surface area (Å²) in [6.07, 6.45) is 7.75. The van der Waals surface area contributed by atoms with Crippen molar-refractivity contribution in [2.45, 2.75) is 36.2 Å². The third-order valence-electron chi connectivity index (χ3n) is 5.08. The number of oxazole rings is 1. The molecular formula is C18H20N4OS2. The van der Waals surface area contributed by atoms with Crippen molar-refractivity contribution >= 4 is 40.2 Å². The Hall–Kier alpha value is -1.57. The van der Waals surface area contributed by atoms with Gasteiger partial charge >= 0.3 is 0 Å². The molecule has 2 fully saturated rings. The van der Waals surface area contributed by atoms with Gasteiger partial charge in [0.1, 0.15) is 10.5 Å². The molecule has 2 unspecified atom stereocenters. The molecule has 2 aromatic heterocycles. The Morgan fingerprint density at radius 1 is 1.28 bits per heavy atom. The Kier molecular flexibility index (Phi) is 3.95. The van der Waals surface area contributed by atoms with Gasteiger partial charge in [-0.25, -0.2) is 4.98 Å². The van der Waals surface area contributed by atoms with E-state index in [9.17, 15) is 0 Å². The zero-order valence-electron chi connectivity index (χ0n) is 14.1. The SMILES string of the molecule is CSc1cc(-c2nccs2)c2oc(N3CC4CCCC(C3)N4)nc2c1.